The molecule has 0 saturated heterocycles. The van der Waals surface area contributed by atoms with Gasteiger partial charge in [-0.25, -0.2) is 4.79 Å². The number of rotatable bonds is 6. The first-order valence-corrected chi connectivity index (χ1v) is 8.58. The van der Waals surface area contributed by atoms with Crippen LogP contribution in [0.3, 0.4) is 0 Å². The van der Waals surface area contributed by atoms with Crippen molar-refractivity contribution in [2.75, 3.05) is 35.5 Å². The molecule has 0 amide bonds. The Kier molecular flexibility index (Phi) is 5.59. The van der Waals surface area contributed by atoms with Crippen molar-refractivity contribution in [3.63, 3.8) is 0 Å². The highest BCUT2D eigenvalue weighted by Gasteiger charge is 2.23. The van der Waals surface area contributed by atoms with E-state index in [1.807, 2.05) is 24.3 Å². The van der Waals surface area contributed by atoms with Crippen LogP contribution in [-0.4, -0.2) is 41.5 Å². The van der Waals surface area contributed by atoms with Crippen molar-refractivity contribution in [3.05, 3.63) is 42.0 Å². The van der Waals surface area contributed by atoms with E-state index in [0.717, 1.165) is 16.2 Å². The second kappa shape index (κ2) is 8.08. The molecule has 3 rings (SSSR count). The maximum atomic E-state index is 11.6. The third-order valence-electron chi connectivity index (χ3n) is 4.58. The van der Waals surface area contributed by atoms with Crippen LogP contribution in [0.4, 0.5) is 0 Å². The standard InChI is InChI=1S/C22H22O6/c1-24-16-12-13(10-11-17(23)25-2)20(26-3)19-18(16)21(27-4)14-8-6-7-9-15(14)22(19)28-5/h6-12H,1-5H3/b11-10+. The van der Waals surface area contributed by atoms with Gasteiger partial charge in [0.15, 0.2) is 0 Å². The average molecular weight is 382 g/mol. The van der Waals surface area contributed by atoms with Gasteiger partial charge in [-0.3, -0.25) is 0 Å². The third-order valence-corrected chi connectivity index (χ3v) is 4.58. The highest BCUT2D eigenvalue weighted by molar-refractivity contribution is 6.16. The monoisotopic (exact) mass is 382 g/mol. The molecule has 0 heterocycles. The highest BCUT2D eigenvalue weighted by atomic mass is 16.5. The third kappa shape index (κ3) is 3.07. The van der Waals surface area contributed by atoms with Crippen molar-refractivity contribution in [1.82, 2.24) is 0 Å². The first kappa shape index (κ1) is 19.4. The van der Waals surface area contributed by atoms with E-state index in [9.17, 15) is 4.79 Å². The molecular weight excluding hydrogens is 360 g/mol. The Morgan fingerprint density at radius 3 is 1.86 bits per heavy atom. The number of ether oxygens (including phenoxy) is 5. The summed E-state index contributed by atoms with van der Waals surface area (Å²) in [6.45, 7) is 0. The summed E-state index contributed by atoms with van der Waals surface area (Å²) in [4.78, 5) is 11.6. The van der Waals surface area contributed by atoms with E-state index in [2.05, 4.69) is 4.74 Å². The summed E-state index contributed by atoms with van der Waals surface area (Å²) in [6, 6.07) is 9.58. The van der Waals surface area contributed by atoms with E-state index in [1.54, 1.807) is 40.6 Å². The van der Waals surface area contributed by atoms with Gasteiger partial charge in [0.25, 0.3) is 0 Å². The maximum absolute atomic E-state index is 11.6. The Labute approximate surface area is 163 Å². The Balaban J connectivity index is 2.54. The molecule has 0 saturated carbocycles. The largest absolute Gasteiger partial charge is 0.496 e. The Morgan fingerprint density at radius 2 is 1.36 bits per heavy atom. The van der Waals surface area contributed by atoms with Crippen LogP contribution in [0.5, 0.6) is 23.0 Å². The minimum absolute atomic E-state index is 0.468. The molecule has 3 aromatic carbocycles. The molecule has 0 aliphatic heterocycles. The van der Waals surface area contributed by atoms with Gasteiger partial charge in [-0.1, -0.05) is 24.3 Å². The quantitative estimate of drug-likeness (QED) is 0.361. The lowest BCUT2D eigenvalue weighted by atomic mass is 9.96. The molecule has 0 atom stereocenters. The molecule has 0 aliphatic rings. The van der Waals surface area contributed by atoms with Crippen molar-refractivity contribution < 1.29 is 28.5 Å². The summed E-state index contributed by atoms with van der Waals surface area (Å²) < 4.78 is 27.6. The molecule has 0 aliphatic carbocycles. The highest BCUT2D eigenvalue weighted by Crippen LogP contribution is 2.51. The molecule has 146 valence electrons. The summed E-state index contributed by atoms with van der Waals surface area (Å²) in [5.41, 5.74) is 0.646. The minimum Gasteiger partial charge on any atom is -0.496 e. The van der Waals surface area contributed by atoms with Gasteiger partial charge in [0.2, 0.25) is 0 Å². The molecule has 0 N–H and O–H groups in total. The van der Waals surface area contributed by atoms with E-state index < -0.39 is 5.97 Å². The van der Waals surface area contributed by atoms with Crippen LogP contribution in [0.25, 0.3) is 27.6 Å². The van der Waals surface area contributed by atoms with Crippen LogP contribution in [0, 0.1) is 0 Å². The lowest BCUT2D eigenvalue weighted by Gasteiger charge is -2.20. The number of benzene rings is 3. The van der Waals surface area contributed by atoms with Crippen LogP contribution in [0.15, 0.2) is 36.4 Å². The zero-order valence-electron chi connectivity index (χ0n) is 16.5. The molecular formula is C22H22O6. The zero-order valence-corrected chi connectivity index (χ0v) is 16.5. The number of carbonyl (C=O) groups is 1. The molecule has 0 spiro atoms. The molecule has 0 bridgehead atoms. The second-order valence-electron chi connectivity index (χ2n) is 5.92. The smallest absolute Gasteiger partial charge is 0.330 e. The first-order valence-electron chi connectivity index (χ1n) is 8.58. The molecule has 0 radical (unpaired) electrons. The molecule has 0 fully saturated rings. The molecule has 28 heavy (non-hydrogen) atoms. The van der Waals surface area contributed by atoms with Gasteiger partial charge in [0.05, 0.1) is 46.3 Å². The van der Waals surface area contributed by atoms with Crippen molar-refractivity contribution in [2.45, 2.75) is 0 Å². The fourth-order valence-electron chi connectivity index (χ4n) is 3.41. The van der Waals surface area contributed by atoms with E-state index in [-0.39, 0.29) is 0 Å². The summed E-state index contributed by atoms with van der Waals surface area (Å²) in [5, 5.41) is 3.20. The average Bonchev–Trinajstić information content (AvgIpc) is 2.74. The van der Waals surface area contributed by atoms with Crippen molar-refractivity contribution in [2.24, 2.45) is 0 Å². The molecule has 0 aromatic heterocycles. The summed E-state index contributed by atoms with van der Waals surface area (Å²) in [7, 11) is 7.69. The number of methoxy groups -OCH3 is 5. The maximum Gasteiger partial charge on any atom is 0.330 e. The summed E-state index contributed by atoms with van der Waals surface area (Å²) >= 11 is 0. The number of fused-ring (bicyclic) bond motifs is 2. The summed E-state index contributed by atoms with van der Waals surface area (Å²) in [5.74, 6) is 1.93. The van der Waals surface area contributed by atoms with Crippen molar-refractivity contribution in [1.29, 1.82) is 0 Å². The minimum atomic E-state index is -0.468. The fraction of sp³-hybridized carbons (Fsp3) is 0.227. The van der Waals surface area contributed by atoms with Crippen LogP contribution < -0.4 is 18.9 Å². The molecule has 6 nitrogen and oxygen atoms in total. The second-order valence-corrected chi connectivity index (χ2v) is 5.92. The van der Waals surface area contributed by atoms with Gasteiger partial charge in [0, 0.05) is 22.4 Å². The van der Waals surface area contributed by atoms with Crippen LogP contribution in [0.1, 0.15) is 5.56 Å². The Hall–Kier alpha value is -3.41. The van der Waals surface area contributed by atoms with Crippen molar-refractivity contribution >= 4 is 33.6 Å². The van der Waals surface area contributed by atoms with E-state index in [4.69, 9.17) is 18.9 Å². The normalized spacial score (nSPS) is 11.0. The fourth-order valence-corrected chi connectivity index (χ4v) is 3.41. The van der Waals surface area contributed by atoms with Crippen LogP contribution in [0.2, 0.25) is 0 Å². The number of esters is 1. The van der Waals surface area contributed by atoms with E-state index in [1.165, 1.54) is 13.2 Å². The first-order chi connectivity index (χ1) is 13.6. The van der Waals surface area contributed by atoms with Crippen molar-refractivity contribution in [3.8, 4) is 23.0 Å². The zero-order chi connectivity index (χ0) is 20.3. The SMILES string of the molecule is COC(=O)/C=C/c1cc(OC)c2c(OC)c3ccccc3c(OC)c2c1OC. The van der Waals surface area contributed by atoms with Gasteiger partial charge in [-0.2, -0.15) is 0 Å². The Bertz CT molecular complexity index is 1070. The van der Waals surface area contributed by atoms with Gasteiger partial charge < -0.3 is 23.7 Å². The van der Waals surface area contributed by atoms with E-state index in [0.29, 0.717) is 33.9 Å². The van der Waals surface area contributed by atoms with E-state index >= 15 is 0 Å². The van der Waals surface area contributed by atoms with Crippen LogP contribution in [-0.2, 0) is 9.53 Å². The predicted octanol–water partition coefficient (Wildman–Crippen LogP) is 4.21. The van der Waals surface area contributed by atoms with Gasteiger partial charge in [-0.05, 0) is 12.1 Å². The van der Waals surface area contributed by atoms with Crippen LogP contribution >= 0.6 is 0 Å². The van der Waals surface area contributed by atoms with Gasteiger partial charge in [-0.15, -0.1) is 0 Å². The van der Waals surface area contributed by atoms with Gasteiger partial charge in [0.1, 0.15) is 23.0 Å². The Morgan fingerprint density at radius 1 is 0.786 bits per heavy atom. The molecule has 3 aromatic rings. The predicted molar refractivity (Wildman–Crippen MR) is 109 cm³/mol. The molecule has 0 unspecified atom stereocenters. The number of hydrogen-bond donors (Lipinski definition) is 0. The molecule has 6 heteroatoms. The number of hydrogen-bond acceptors (Lipinski definition) is 6. The van der Waals surface area contributed by atoms with Gasteiger partial charge >= 0.3 is 5.97 Å². The topological polar surface area (TPSA) is 63.2 Å². The summed E-state index contributed by atoms with van der Waals surface area (Å²) in [6.07, 6.45) is 2.95. The number of carbonyl (C=O) groups excluding carboxylic acids is 1. The lowest BCUT2D eigenvalue weighted by molar-refractivity contribution is -0.134. The lowest BCUT2D eigenvalue weighted by Crippen LogP contribution is -2.00.